The Bertz CT molecular complexity index is 1310. The van der Waals surface area contributed by atoms with E-state index in [-0.39, 0.29) is 23.7 Å². The van der Waals surface area contributed by atoms with Crippen molar-refractivity contribution in [2.45, 2.75) is 6.42 Å². The fourth-order valence-corrected chi connectivity index (χ4v) is 3.66. The zero-order valence-corrected chi connectivity index (χ0v) is 21.4. The van der Waals surface area contributed by atoms with Gasteiger partial charge in [0.2, 0.25) is 5.75 Å². The van der Waals surface area contributed by atoms with Crippen LogP contribution in [0.3, 0.4) is 0 Å². The first-order chi connectivity index (χ1) is 17.8. The lowest BCUT2D eigenvalue weighted by molar-refractivity contribution is 0.100. The van der Waals surface area contributed by atoms with Crippen LogP contribution in [0.25, 0.3) is 12.2 Å². The van der Waals surface area contributed by atoms with Gasteiger partial charge in [-0.2, -0.15) is 0 Å². The average Bonchev–Trinajstić information content (AvgIpc) is 2.90. The van der Waals surface area contributed by atoms with Gasteiger partial charge in [0.15, 0.2) is 28.8 Å². The molecule has 194 valence electrons. The van der Waals surface area contributed by atoms with Crippen LogP contribution in [-0.4, -0.2) is 52.7 Å². The van der Waals surface area contributed by atoms with Crippen molar-refractivity contribution in [2.24, 2.45) is 4.99 Å². The van der Waals surface area contributed by atoms with Crippen LogP contribution in [0.15, 0.2) is 47.5 Å². The SMILES string of the molecule is COc1ccc(C(=O)CC=Nc2cc(/C=C\c3cc(OC)c(OC)c(OC)c3)cc(O)c2OC)cc1N. The van der Waals surface area contributed by atoms with E-state index < -0.39 is 0 Å². The van der Waals surface area contributed by atoms with Gasteiger partial charge in [-0.25, -0.2) is 0 Å². The summed E-state index contributed by atoms with van der Waals surface area (Å²) in [7, 11) is 7.58. The van der Waals surface area contributed by atoms with Gasteiger partial charge in [-0.1, -0.05) is 12.2 Å². The van der Waals surface area contributed by atoms with E-state index in [0.717, 1.165) is 5.56 Å². The number of methoxy groups -OCH3 is 5. The summed E-state index contributed by atoms with van der Waals surface area (Å²) in [6, 6.07) is 11.7. The van der Waals surface area contributed by atoms with Gasteiger partial charge in [0, 0.05) is 18.2 Å². The average molecular weight is 507 g/mol. The number of carbonyl (C=O) groups is 1. The molecular weight excluding hydrogens is 476 g/mol. The molecule has 0 saturated heterocycles. The first-order valence-electron chi connectivity index (χ1n) is 11.2. The lowest BCUT2D eigenvalue weighted by atomic mass is 10.1. The van der Waals surface area contributed by atoms with Crippen molar-refractivity contribution in [3.8, 4) is 34.5 Å². The third kappa shape index (κ3) is 6.32. The molecule has 0 unspecified atom stereocenters. The predicted molar refractivity (Wildman–Crippen MR) is 144 cm³/mol. The number of nitrogens with two attached hydrogens (primary N) is 1. The van der Waals surface area contributed by atoms with Crippen molar-refractivity contribution in [2.75, 3.05) is 41.3 Å². The number of rotatable bonds is 11. The molecule has 0 saturated carbocycles. The second-order valence-electron chi connectivity index (χ2n) is 7.78. The van der Waals surface area contributed by atoms with Crippen LogP contribution in [-0.2, 0) is 0 Å². The topological polar surface area (TPSA) is 122 Å². The van der Waals surface area contributed by atoms with Gasteiger partial charge in [-0.3, -0.25) is 9.79 Å². The van der Waals surface area contributed by atoms with E-state index in [1.54, 1.807) is 62.8 Å². The smallest absolute Gasteiger partial charge is 0.203 e. The van der Waals surface area contributed by atoms with Crippen molar-refractivity contribution in [1.82, 2.24) is 0 Å². The summed E-state index contributed by atoms with van der Waals surface area (Å²) >= 11 is 0. The summed E-state index contributed by atoms with van der Waals surface area (Å²) < 4.78 is 26.6. The molecule has 37 heavy (non-hydrogen) atoms. The summed E-state index contributed by atoms with van der Waals surface area (Å²) in [5, 5.41) is 10.5. The first kappa shape index (κ1) is 26.9. The van der Waals surface area contributed by atoms with Crippen LogP contribution in [0.5, 0.6) is 34.5 Å². The van der Waals surface area contributed by atoms with Crippen LogP contribution in [0, 0.1) is 0 Å². The molecular formula is C28H30N2O7. The zero-order valence-electron chi connectivity index (χ0n) is 21.4. The van der Waals surface area contributed by atoms with Crippen LogP contribution in [0.1, 0.15) is 27.9 Å². The number of phenolic OH excluding ortho intramolecular Hbond substituents is 1. The lowest BCUT2D eigenvalue weighted by Crippen LogP contribution is -2.02. The molecule has 3 N–H and O–H groups in total. The Hall–Kier alpha value is -4.66. The summed E-state index contributed by atoms with van der Waals surface area (Å²) in [6.45, 7) is 0. The molecule has 0 amide bonds. The molecule has 0 aromatic heterocycles. The lowest BCUT2D eigenvalue weighted by Gasteiger charge is -2.13. The number of nitrogen functional groups attached to an aromatic ring is 1. The highest BCUT2D eigenvalue weighted by molar-refractivity contribution is 6.04. The van der Waals surface area contributed by atoms with Gasteiger partial charge in [-0.05, 0) is 53.6 Å². The molecule has 9 nitrogen and oxygen atoms in total. The minimum atomic E-state index is -0.167. The number of phenols is 1. The number of anilines is 1. The number of hydrogen-bond acceptors (Lipinski definition) is 9. The molecule has 9 heteroatoms. The Balaban J connectivity index is 1.84. The predicted octanol–water partition coefficient (Wildman–Crippen LogP) is 5.16. The van der Waals surface area contributed by atoms with Gasteiger partial charge in [-0.15, -0.1) is 0 Å². The Morgan fingerprint density at radius 1 is 0.811 bits per heavy atom. The monoisotopic (exact) mass is 506 g/mol. The summed E-state index contributed by atoms with van der Waals surface area (Å²) in [4.78, 5) is 17.0. The number of hydrogen-bond donors (Lipinski definition) is 2. The van der Waals surface area contributed by atoms with Crippen LogP contribution < -0.4 is 29.4 Å². The van der Waals surface area contributed by atoms with E-state index in [1.165, 1.54) is 27.5 Å². The first-order valence-corrected chi connectivity index (χ1v) is 11.2. The fourth-order valence-electron chi connectivity index (χ4n) is 3.66. The van der Waals surface area contributed by atoms with Crippen molar-refractivity contribution in [3.63, 3.8) is 0 Å². The number of benzene rings is 3. The highest BCUT2D eigenvalue weighted by atomic mass is 16.5. The van der Waals surface area contributed by atoms with E-state index >= 15 is 0 Å². The Labute approximate surface area is 215 Å². The number of Topliss-reactive ketones (excluding diaryl/α,β-unsaturated/α-hetero) is 1. The Morgan fingerprint density at radius 3 is 1.95 bits per heavy atom. The van der Waals surface area contributed by atoms with Gasteiger partial charge in [0.1, 0.15) is 11.4 Å². The molecule has 0 aliphatic carbocycles. The molecule has 0 aliphatic heterocycles. The molecule has 0 atom stereocenters. The molecule has 0 radical (unpaired) electrons. The van der Waals surface area contributed by atoms with Crippen LogP contribution in [0.2, 0.25) is 0 Å². The van der Waals surface area contributed by atoms with Crippen molar-refractivity contribution in [1.29, 1.82) is 0 Å². The summed E-state index contributed by atoms with van der Waals surface area (Å²) in [5.74, 6) is 1.98. The molecule has 0 spiro atoms. The standard InChI is InChI=1S/C28H30N2O7/c1-33-24-9-8-19(16-20(24)29)22(31)10-11-30-21-12-17(13-23(32)27(21)36-4)6-7-18-14-25(34-2)28(37-5)26(15-18)35-3/h6-9,11-16,32H,10,29H2,1-5H3/b7-6-,30-11?. The molecule has 0 aliphatic rings. The van der Waals surface area contributed by atoms with E-state index in [4.69, 9.17) is 29.4 Å². The zero-order chi connectivity index (χ0) is 26.9. The quantitative estimate of drug-likeness (QED) is 0.158. The number of nitrogens with zero attached hydrogens (tertiary/aromatic N) is 1. The summed E-state index contributed by atoms with van der Waals surface area (Å²) in [6.07, 6.45) is 5.12. The highest BCUT2D eigenvalue weighted by Gasteiger charge is 2.13. The summed E-state index contributed by atoms with van der Waals surface area (Å²) in [5.41, 5.74) is 8.54. The maximum atomic E-state index is 12.6. The molecule has 0 bridgehead atoms. The van der Waals surface area contributed by atoms with Crippen LogP contribution >= 0.6 is 0 Å². The molecule has 3 aromatic rings. The number of ketones is 1. The van der Waals surface area contributed by atoms with Gasteiger partial charge in [0.25, 0.3) is 0 Å². The normalized spacial score (nSPS) is 11.1. The molecule has 0 fully saturated rings. The van der Waals surface area contributed by atoms with Crippen molar-refractivity contribution >= 4 is 35.5 Å². The van der Waals surface area contributed by atoms with Gasteiger partial charge < -0.3 is 34.5 Å². The van der Waals surface area contributed by atoms with Crippen LogP contribution in [0.4, 0.5) is 11.4 Å². The molecule has 3 rings (SSSR count). The third-order valence-electron chi connectivity index (χ3n) is 5.49. The highest BCUT2D eigenvalue weighted by Crippen LogP contribution is 2.40. The maximum Gasteiger partial charge on any atom is 0.203 e. The third-order valence-corrected chi connectivity index (χ3v) is 5.49. The minimum Gasteiger partial charge on any atom is -0.504 e. The second-order valence-corrected chi connectivity index (χ2v) is 7.78. The number of aromatic hydroxyl groups is 1. The fraction of sp³-hybridized carbons (Fsp3) is 0.214. The minimum absolute atomic E-state index is 0.0290. The van der Waals surface area contributed by atoms with E-state index in [0.29, 0.717) is 45.5 Å². The molecule has 3 aromatic carbocycles. The Kier molecular flexibility index (Phi) is 8.99. The van der Waals surface area contributed by atoms with Crippen molar-refractivity contribution < 1.29 is 33.6 Å². The van der Waals surface area contributed by atoms with Gasteiger partial charge >= 0.3 is 0 Å². The van der Waals surface area contributed by atoms with Gasteiger partial charge in [0.05, 0.1) is 41.2 Å². The van der Waals surface area contributed by atoms with Crippen molar-refractivity contribution in [3.05, 3.63) is 59.2 Å². The number of ether oxygens (including phenoxy) is 5. The van der Waals surface area contributed by atoms with E-state index in [9.17, 15) is 9.90 Å². The largest absolute Gasteiger partial charge is 0.504 e. The van der Waals surface area contributed by atoms with E-state index in [1.807, 2.05) is 6.08 Å². The maximum absolute atomic E-state index is 12.6. The van der Waals surface area contributed by atoms with E-state index in [2.05, 4.69) is 4.99 Å². The number of aliphatic imine (C=N–C) groups is 1. The Morgan fingerprint density at radius 2 is 1.41 bits per heavy atom. The second kappa shape index (κ2) is 12.3. The molecule has 0 heterocycles. The number of carbonyl (C=O) groups excluding carboxylic acids is 1.